The van der Waals surface area contributed by atoms with Crippen LogP contribution in [0.4, 0.5) is 0 Å². The first-order valence-electron chi connectivity index (χ1n) is 9.75. The Morgan fingerprint density at radius 2 is 1.67 bits per heavy atom. The molecule has 138 valence electrons. The van der Waals surface area contributed by atoms with E-state index in [-0.39, 0.29) is 0 Å². The van der Waals surface area contributed by atoms with Crippen LogP contribution < -0.4 is 10.1 Å². The Morgan fingerprint density at radius 1 is 0.889 bits per heavy atom. The normalized spacial score (nSPS) is 11.3. The summed E-state index contributed by atoms with van der Waals surface area (Å²) < 4.78 is 7.85. The van der Waals surface area contributed by atoms with Crippen molar-refractivity contribution in [3.63, 3.8) is 0 Å². The fraction of sp³-hybridized carbons (Fsp3) is 0.250. The van der Waals surface area contributed by atoms with Gasteiger partial charge in [0.25, 0.3) is 0 Å². The van der Waals surface area contributed by atoms with Crippen LogP contribution in [0.1, 0.15) is 18.1 Å². The summed E-state index contributed by atoms with van der Waals surface area (Å²) in [6, 6.07) is 23.9. The maximum atomic E-state index is 5.45. The van der Waals surface area contributed by atoms with Gasteiger partial charge in [-0.05, 0) is 36.8 Å². The van der Waals surface area contributed by atoms with Gasteiger partial charge in [-0.3, -0.25) is 0 Å². The molecule has 3 aromatic carbocycles. The van der Waals surface area contributed by atoms with E-state index in [4.69, 9.17) is 4.74 Å². The van der Waals surface area contributed by atoms with Gasteiger partial charge in [0.2, 0.25) is 0 Å². The number of nitrogens with two attached hydrogens (primary N) is 1. The van der Waals surface area contributed by atoms with Crippen LogP contribution in [0, 0.1) is 0 Å². The monoisotopic (exact) mass is 359 g/mol. The fourth-order valence-corrected chi connectivity index (χ4v) is 4.00. The van der Waals surface area contributed by atoms with Gasteiger partial charge in [-0.1, -0.05) is 42.5 Å². The highest BCUT2D eigenvalue weighted by atomic mass is 16.5. The number of aryl methyl sites for hydroxylation is 1. The Kier molecular flexibility index (Phi) is 5.12. The molecule has 1 aromatic heterocycles. The molecule has 0 bridgehead atoms. The minimum Gasteiger partial charge on any atom is -0.496 e. The number of quaternary nitrogens is 1. The number of aromatic nitrogens is 1. The van der Waals surface area contributed by atoms with Crippen molar-refractivity contribution >= 4 is 21.8 Å². The van der Waals surface area contributed by atoms with Gasteiger partial charge < -0.3 is 14.6 Å². The standard InChI is InChI=1S/C24H26N2O/c1-3-26-22-10-6-5-9-20(22)21-16-18(12-13-23(21)26)17-25-15-14-19-8-4-7-11-24(19)27-2/h4-13,16,25H,3,14-15,17H2,1-2H3/p+1. The van der Waals surface area contributed by atoms with Crippen molar-refractivity contribution < 1.29 is 10.1 Å². The van der Waals surface area contributed by atoms with E-state index in [1.165, 1.54) is 32.9 Å². The number of para-hydroxylation sites is 2. The smallest absolute Gasteiger partial charge is 0.122 e. The van der Waals surface area contributed by atoms with Gasteiger partial charge in [0.15, 0.2) is 0 Å². The Morgan fingerprint density at radius 3 is 2.52 bits per heavy atom. The SMILES string of the molecule is CCn1c2ccccc2c2cc(C[NH2+]CCc3ccccc3OC)ccc21. The van der Waals surface area contributed by atoms with Crippen LogP contribution in [0.3, 0.4) is 0 Å². The minimum absolute atomic E-state index is 0.986. The van der Waals surface area contributed by atoms with Gasteiger partial charge >= 0.3 is 0 Å². The summed E-state index contributed by atoms with van der Waals surface area (Å²) in [5.74, 6) is 0.986. The van der Waals surface area contributed by atoms with Gasteiger partial charge in [-0.15, -0.1) is 0 Å². The molecule has 0 amide bonds. The summed E-state index contributed by atoms with van der Waals surface area (Å²) in [6.07, 6.45) is 1.02. The molecular formula is C24H27N2O+. The molecule has 0 unspecified atom stereocenters. The first-order chi connectivity index (χ1) is 13.3. The molecule has 0 aliphatic carbocycles. The molecule has 3 heteroatoms. The highest BCUT2D eigenvalue weighted by Gasteiger charge is 2.10. The van der Waals surface area contributed by atoms with Crippen molar-refractivity contribution in [1.29, 1.82) is 0 Å². The molecule has 0 atom stereocenters. The number of hydrogen-bond acceptors (Lipinski definition) is 1. The lowest BCUT2D eigenvalue weighted by Crippen LogP contribution is -2.83. The van der Waals surface area contributed by atoms with Gasteiger partial charge in [0.1, 0.15) is 12.3 Å². The average Bonchev–Trinajstić information content (AvgIpc) is 3.04. The predicted molar refractivity (Wildman–Crippen MR) is 112 cm³/mol. The molecule has 3 nitrogen and oxygen atoms in total. The number of methoxy groups -OCH3 is 1. The maximum Gasteiger partial charge on any atom is 0.122 e. The first kappa shape index (κ1) is 17.6. The molecule has 0 aliphatic rings. The molecule has 27 heavy (non-hydrogen) atoms. The second-order valence-corrected chi connectivity index (χ2v) is 6.96. The number of rotatable bonds is 7. The van der Waals surface area contributed by atoms with E-state index in [0.29, 0.717) is 0 Å². The van der Waals surface area contributed by atoms with Gasteiger partial charge in [-0.25, -0.2) is 0 Å². The maximum absolute atomic E-state index is 5.45. The van der Waals surface area contributed by atoms with E-state index in [2.05, 4.69) is 71.4 Å². The number of benzene rings is 3. The minimum atomic E-state index is 0.986. The van der Waals surface area contributed by atoms with Crippen molar-refractivity contribution in [3.05, 3.63) is 77.9 Å². The van der Waals surface area contributed by atoms with Crippen molar-refractivity contribution in [3.8, 4) is 5.75 Å². The van der Waals surface area contributed by atoms with Crippen LogP contribution in [0.15, 0.2) is 66.7 Å². The quantitative estimate of drug-likeness (QED) is 0.494. The molecule has 0 saturated carbocycles. The van der Waals surface area contributed by atoms with E-state index in [9.17, 15) is 0 Å². The highest BCUT2D eigenvalue weighted by molar-refractivity contribution is 6.08. The molecule has 0 radical (unpaired) electrons. The molecule has 0 saturated heterocycles. The van der Waals surface area contributed by atoms with E-state index in [1.54, 1.807) is 7.11 Å². The summed E-state index contributed by atoms with van der Waals surface area (Å²) in [6.45, 7) is 5.26. The Labute approximate surface area is 160 Å². The zero-order chi connectivity index (χ0) is 18.6. The zero-order valence-electron chi connectivity index (χ0n) is 16.1. The van der Waals surface area contributed by atoms with E-state index < -0.39 is 0 Å². The van der Waals surface area contributed by atoms with Crippen LogP contribution in [0.2, 0.25) is 0 Å². The highest BCUT2D eigenvalue weighted by Crippen LogP contribution is 2.29. The van der Waals surface area contributed by atoms with Crippen LogP contribution in [0.5, 0.6) is 5.75 Å². The van der Waals surface area contributed by atoms with Crippen LogP contribution in [-0.4, -0.2) is 18.2 Å². The predicted octanol–water partition coefficient (Wildman–Crippen LogP) is 4.13. The number of fused-ring (bicyclic) bond motifs is 3. The Bertz CT molecular complexity index is 1060. The van der Waals surface area contributed by atoms with E-state index >= 15 is 0 Å². The molecule has 1 heterocycles. The van der Waals surface area contributed by atoms with Crippen LogP contribution in [-0.2, 0) is 19.5 Å². The number of ether oxygens (including phenoxy) is 1. The Hall–Kier alpha value is -2.78. The van der Waals surface area contributed by atoms with E-state index in [0.717, 1.165) is 31.8 Å². The van der Waals surface area contributed by atoms with Crippen LogP contribution in [0.25, 0.3) is 21.8 Å². The largest absolute Gasteiger partial charge is 0.496 e. The van der Waals surface area contributed by atoms with Crippen molar-refractivity contribution in [2.75, 3.05) is 13.7 Å². The summed E-state index contributed by atoms with van der Waals surface area (Å²) in [4.78, 5) is 0. The average molecular weight is 359 g/mol. The lowest BCUT2D eigenvalue weighted by atomic mass is 10.1. The summed E-state index contributed by atoms with van der Waals surface area (Å²) in [7, 11) is 1.74. The lowest BCUT2D eigenvalue weighted by molar-refractivity contribution is -0.670. The Balaban J connectivity index is 1.49. The molecule has 4 aromatic rings. The summed E-state index contributed by atoms with van der Waals surface area (Å²) in [5, 5.41) is 5.10. The molecular weight excluding hydrogens is 332 g/mol. The topological polar surface area (TPSA) is 30.8 Å². The van der Waals surface area contributed by atoms with E-state index in [1.807, 2.05) is 12.1 Å². The summed E-state index contributed by atoms with van der Waals surface area (Å²) >= 11 is 0. The molecule has 4 rings (SSSR count). The second kappa shape index (κ2) is 7.85. The number of nitrogens with zero attached hydrogens (tertiary/aromatic N) is 1. The zero-order valence-corrected chi connectivity index (χ0v) is 16.1. The third kappa shape index (κ3) is 3.43. The molecule has 2 N–H and O–H groups in total. The van der Waals surface area contributed by atoms with Crippen LogP contribution >= 0.6 is 0 Å². The first-order valence-corrected chi connectivity index (χ1v) is 9.75. The molecule has 0 spiro atoms. The fourth-order valence-electron chi connectivity index (χ4n) is 4.00. The lowest BCUT2D eigenvalue weighted by Gasteiger charge is -2.08. The second-order valence-electron chi connectivity index (χ2n) is 6.96. The summed E-state index contributed by atoms with van der Waals surface area (Å²) in [5.41, 5.74) is 5.31. The third-order valence-corrected chi connectivity index (χ3v) is 5.34. The van der Waals surface area contributed by atoms with Crippen molar-refractivity contribution in [1.82, 2.24) is 4.57 Å². The third-order valence-electron chi connectivity index (χ3n) is 5.34. The molecule has 0 aliphatic heterocycles. The van der Waals surface area contributed by atoms with Crippen molar-refractivity contribution in [2.45, 2.75) is 26.4 Å². The number of hydrogen-bond donors (Lipinski definition) is 1. The van der Waals surface area contributed by atoms with Gasteiger partial charge in [0, 0.05) is 40.3 Å². The van der Waals surface area contributed by atoms with Gasteiger partial charge in [-0.2, -0.15) is 0 Å². The molecule has 0 fully saturated rings. The van der Waals surface area contributed by atoms with Crippen molar-refractivity contribution in [2.24, 2.45) is 0 Å². The van der Waals surface area contributed by atoms with Gasteiger partial charge in [0.05, 0.1) is 13.7 Å².